The Morgan fingerprint density at radius 2 is 2.04 bits per heavy atom. The van der Waals surface area contributed by atoms with E-state index in [4.69, 9.17) is 9.47 Å². The van der Waals surface area contributed by atoms with Crippen LogP contribution < -0.4 is 20.3 Å². The molecule has 2 N–H and O–H groups in total. The molecule has 3 amide bonds. The second-order valence-corrected chi connectivity index (χ2v) is 6.52. The zero-order valence-corrected chi connectivity index (χ0v) is 14.9. The number of benzene rings is 2. The standard InChI is InChI=1S/C20H21N3O4/c24-19(21-13-14-6-7-18-15(11-14)3-2-9-26-18)22-16-4-1-5-17(12-16)23-8-10-27-20(23)25/h1,4-7,11-12H,2-3,8-10,13H2,(H2,21,22,24). The number of rotatable bonds is 4. The Morgan fingerprint density at radius 3 is 2.89 bits per heavy atom. The van der Waals surface area contributed by atoms with Gasteiger partial charge in [-0.05, 0) is 48.2 Å². The van der Waals surface area contributed by atoms with Crippen LogP contribution in [0.5, 0.6) is 5.75 Å². The van der Waals surface area contributed by atoms with Crippen molar-refractivity contribution in [3.63, 3.8) is 0 Å². The lowest BCUT2D eigenvalue weighted by Gasteiger charge is -2.18. The molecule has 0 spiro atoms. The van der Waals surface area contributed by atoms with Crippen LogP contribution in [-0.2, 0) is 17.7 Å². The van der Waals surface area contributed by atoms with Gasteiger partial charge in [-0.15, -0.1) is 0 Å². The lowest BCUT2D eigenvalue weighted by atomic mass is 10.0. The molecule has 2 aliphatic rings. The van der Waals surface area contributed by atoms with Crippen molar-refractivity contribution in [1.29, 1.82) is 0 Å². The fourth-order valence-electron chi connectivity index (χ4n) is 3.26. The highest BCUT2D eigenvalue weighted by atomic mass is 16.6. The smallest absolute Gasteiger partial charge is 0.414 e. The van der Waals surface area contributed by atoms with Gasteiger partial charge >= 0.3 is 12.1 Å². The van der Waals surface area contributed by atoms with Crippen LogP contribution in [0.4, 0.5) is 21.0 Å². The van der Waals surface area contributed by atoms with Gasteiger partial charge in [0.1, 0.15) is 12.4 Å². The van der Waals surface area contributed by atoms with E-state index in [0.29, 0.717) is 31.1 Å². The van der Waals surface area contributed by atoms with Crippen molar-refractivity contribution >= 4 is 23.5 Å². The number of carbonyl (C=O) groups excluding carboxylic acids is 2. The molecule has 2 aliphatic heterocycles. The summed E-state index contributed by atoms with van der Waals surface area (Å²) in [6.07, 6.45) is 1.65. The first-order valence-corrected chi connectivity index (χ1v) is 9.03. The molecule has 2 heterocycles. The van der Waals surface area contributed by atoms with Crippen LogP contribution in [0.2, 0.25) is 0 Å². The minimum absolute atomic E-state index is 0.301. The molecule has 1 saturated heterocycles. The molecule has 1 fully saturated rings. The number of carbonyl (C=O) groups is 2. The zero-order chi connectivity index (χ0) is 18.6. The SMILES string of the molecule is O=C(NCc1ccc2c(c1)CCCO2)Nc1cccc(N2CCOC2=O)c1. The second kappa shape index (κ2) is 7.57. The molecular formula is C20H21N3O4. The first kappa shape index (κ1) is 17.2. The minimum atomic E-state index is -0.368. The second-order valence-electron chi connectivity index (χ2n) is 6.52. The Labute approximate surface area is 157 Å². The molecule has 4 rings (SSSR count). The van der Waals surface area contributed by atoms with Crippen LogP contribution >= 0.6 is 0 Å². The third-order valence-electron chi connectivity index (χ3n) is 4.60. The fourth-order valence-corrected chi connectivity index (χ4v) is 3.26. The van der Waals surface area contributed by atoms with Crippen molar-refractivity contribution in [1.82, 2.24) is 5.32 Å². The summed E-state index contributed by atoms with van der Waals surface area (Å²) in [5.74, 6) is 0.937. The molecule has 7 nitrogen and oxygen atoms in total. The molecule has 0 aromatic heterocycles. The van der Waals surface area contributed by atoms with Gasteiger partial charge in [0, 0.05) is 17.9 Å². The fraction of sp³-hybridized carbons (Fsp3) is 0.300. The van der Waals surface area contributed by atoms with Gasteiger partial charge in [-0.2, -0.15) is 0 Å². The minimum Gasteiger partial charge on any atom is -0.493 e. The van der Waals surface area contributed by atoms with E-state index >= 15 is 0 Å². The number of urea groups is 1. The molecule has 0 radical (unpaired) electrons. The number of hydrogen-bond acceptors (Lipinski definition) is 4. The average Bonchev–Trinajstić information content (AvgIpc) is 3.12. The van der Waals surface area contributed by atoms with Crippen LogP contribution in [0, 0.1) is 0 Å². The number of fused-ring (bicyclic) bond motifs is 1. The van der Waals surface area contributed by atoms with E-state index in [0.717, 1.165) is 30.8 Å². The summed E-state index contributed by atoms with van der Waals surface area (Å²) in [7, 11) is 0. The predicted octanol–water partition coefficient (Wildman–Crippen LogP) is 3.29. The Hall–Kier alpha value is -3.22. The zero-order valence-electron chi connectivity index (χ0n) is 14.9. The summed E-state index contributed by atoms with van der Waals surface area (Å²) >= 11 is 0. The number of cyclic esters (lactones) is 1. The van der Waals surface area contributed by atoms with E-state index in [9.17, 15) is 9.59 Å². The van der Waals surface area contributed by atoms with Crippen LogP contribution in [0.15, 0.2) is 42.5 Å². The van der Waals surface area contributed by atoms with Gasteiger partial charge in [0.15, 0.2) is 0 Å². The van der Waals surface area contributed by atoms with E-state index in [1.54, 1.807) is 18.2 Å². The summed E-state index contributed by atoms with van der Waals surface area (Å²) in [5, 5.41) is 5.66. The topological polar surface area (TPSA) is 79.9 Å². The number of amides is 3. The summed E-state index contributed by atoms with van der Waals surface area (Å²) in [5.41, 5.74) is 3.53. The van der Waals surface area contributed by atoms with Gasteiger partial charge in [0.2, 0.25) is 0 Å². The summed E-state index contributed by atoms with van der Waals surface area (Å²) in [4.78, 5) is 25.4. The van der Waals surface area contributed by atoms with Crippen molar-refractivity contribution < 1.29 is 19.1 Å². The van der Waals surface area contributed by atoms with E-state index in [1.165, 1.54) is 10.5 Å². The largest absolute Gasteiger partial charge is 0.493 e. The molecule has 140 valence electrons. The van der Waals surface area contributed by atoms with Crippen molar-refractivity contribution in [3.05, 3.63) is 53.6 Å². The van der Waals surface area contributed by atoms with E-state index in [-0.39, 0.29) is 12.1 Å². The summed E-state index contributed by atoms with van der Waals surface area (Å²) in [6.45, 7) is 2.08. The number of ether oxygens (including phenoxy) is 2. The predicted molar refractivity (Wildman–Crippen MR) is 101 cm³/mol. The first-order chi connectivity index (χ1) is 13.2. The van der Waals surface area contributed by atoms with Crippen molar-refractivity contribution in [3.8, 4) is 5.75 Å². The van der Waals surface area contributed by atoms with Crippen LogP contribution in [0.3, 0.4) is 0 Å². The Bertz CT molecular complexity index is 868. The Kier molecular flexibility index (Phi) is 4.82. The van der Waals surface area contributed by atoms with E-state index in [2.05, 4.69) is 16.7 Å². The molecule has 0 atom stereocenters. The number of nitrogens with one attached hydrogen (secondary N) is 2. The molecule has 2 aromatic rings. The highest BCUT2D eigenvalue weighted by Crippen LogP contribution is 2.25. The normalized spacial score (nSPS) is 15.6. The molecular weight excluding hydrogens is 346 g/mol. The summed E-state index contributed by atoms with van der Waals surface area (Å²) in [6, 6.07) is 12.8. The number of nitrogens with zero attached hydrogens (tertiary/aromatic N) is 1. The van der Waals surface area contributed by atoms with Crippen molar-refractivity contribution in [2.45, 2.75) is 19.4 Å². The van der Waals surface area contributed by atoms with Gasteiger partial charge in [0.05, 0.1) is 13.2 Å². The lowest BCUT2D eigenvalue weighted by molar-refractivity contribution is 0.181. The third-order valence-corrected chi connectivity index (χ3v) is 4.60. The van der Waals surface area contributed by atoms with Crippen LogP contribution in [-0.4, -0.2) is 31.9 Å². The maximum atomic E-state index is 12.2. The average molecular weight is 367 g/mol. The highest BCUT2D eigenvalue weighted by molar-refractivity contribution is 5.93. The molecule has 0 saturated carbocycles. The quantitative estimate of drug-likeness (QED) is 0.869. The van der Waals surface area contributed by atoms with Gasteiger partial charge < -0.3 is 20.1 Å². The van der Waals surface area contributed by atoms with Crippen molar-refractivity contribution in [2.75, 3.05) is 30.0 Å². The molecule has 0 bridgehead atoms. The van der Waals surface area contributed by atoms with E-state index in [1.807, 2.05) is 18.2 Å². The van der Waals surface area contributed by atoms with Crippen LogP contribution in [0.25, 0.3) is 0 Å². The maximum absolute atomic E-state index is 12.2. The lowest BCUT2D eigenvalue weighted by Crippen LogP contribution is -2.28. The molecule has 0 unspecified atom stereocenters. The Morgan fingerprint density at radius 1 is 1.11 bits per heavy atom. The maximum Gasteiger partial charge on any atom is 0.414 e. The monoisotopic (exact) mass is 367 g/mol. The number of aryl methyl sites for hydroxylation is 1. The molecule has 0 aliphatic carbocycles. The van der Waals surface area contributed by atoms with Crippen molar-refractivity contribution in [2.24, 2.45) is 0 Å². The molecule has 27 heavy (non-hydrogen) atoms. The summed E-state index contributed by atoms with van der Waals surface area (Å²) < 4.78 is 10.6. The Balaban J connectivity index is 1.35. The van der Waals surface area contributed by atoms with Crippen LogP contribution in [0.1, 0.15) is 17.5 Å². The number of anilines is 2. The van der Waals surface area contributed by atoms with Gasteiger partial charge in [-0.1, -0.05) is 18.2 Å². The molecule has 2 aromatic carbocycles. The number of hydrogen-bond donors (Lipinski definition) is 2. The van der Waals surface area contributed by atoms with Gasteiger partial charge in [-0.3, -0.25) is 4.90 Å². The van der Waals surface area contributed by atoms with E-state index < -0.39 is 0 Å². The first-order valence-electron chi connectivity index (χ1n) is 9.03. The molecule has 7 heteroatoms. The highest BCUT2D eigenvalue weighted by Gasteiger charge is 2.23. The third kappa shape index (κ3) is 3.97. The van der Waals surface area contributed by atoms with Gasteiger partial charge in [0.25, 0.3) is 0 Å². The van der Waals surface area contributed by atoms with Gasteiger partial charge in [-0.25, -0.2) is 9.59 Å².